The maximum atomic E-state index is 5.42. The van der Waals surface area contributed by atoms with Gasteiger partial charge in [0, 0.05) is 36.9 Å². The Balaban J connectivity index is 2.25. The van der Waals surface area contributed by atoms with Gasteiger partial charge >= 0.3 is 0 Å². The smallest absolute Gasteiger partial charge is 0.135 e. The zero-order chi connectivity index (χ0) is 14.9. The number of halogens is 1. The van der Waals surface area contributed by atoms with Crippen LogP contribution in [-0.4, -0.2) is 32.3 Å². The summed E-state index contributed by atoms with van der Waals surface area (Å²) in [5.74, 6) is 0.889. The molecule has 1 aromatic rings. The molecule has 0 aliphatic carbocycles. The van der Waals surface area contributed by atoms with Crippen molar-refractivity contribution in [1.82, 2.24) is 5.32 Å². The first-order valence-electron chi connectivity index (χ1n) is 7.16. The number of hydrogen-bond acceptors (Lipinski definition) is 3. The van der Waals surface area contributed by atoms with Gasteiger partial charge < -0.3 is 15.0 Å². The average molecular weight is 341 g/mol. The zero-order valence-electron chi connectivity index (χ0n) is 13.0. The van der Waals surface area contributed by atoms with Crippen LogP contribution in [0.15, 0.2) is 22.7 Å². The average Bonchev–Trinajstić information content (AvgIpc) is 2.39. The summed E-state index contributed by atoms with van der Waals surface area (Å²) in [6.45, 7) is 11.2. The molecule has 1 heterocycles. The van der Waals surface area contributed by atoms with Crippen LogP contribution >= 0.6 is 15.9 Å². The molecule has 1 fully saturated rings. The first kappa shape index (κ1) is 15.6. The van der Waals surface area contributed by atoms with Gasteiger partial charge in [-0.05, 0) is 40.4 Å². The second kappa shape index (κ2) is 5.94. The second-order valence-corrected chi connectivity index (χ2v) is 7.50. The van der Waals surface area contributed by atoms with E-state index < -0.39 is 0 Å². The Morgan fingerprint density at radius 3 is 2.65 bits per heavy atom. The fraction of sp³-hybridized carbons (Fsp3) is 0.625. The van der Waals surface area contributed by atoms with Crippen LogP contribution in [0.25, 0.3) is 0 Å². The van der Waals surface area contributed by atoms with Gasteiger partial charge in [0.05, 0.1) is 11.6 Å². The monoisotopic (exact) mass is 340 g/mol. The molecule has 3 nitrogen and oxygen atoms in total. The van der Waals surface area contributed by atoms with Crippen molar-refractivity contribution in [3.8, 4) is 5.75 Å². The molecule has 0 spiro atoms. The lowest BCUT2D eigenvalue weighted by molar-refractivity contribution is 0.239. The number of methoxy groups -OCH3 is 1. The Bertz CT molecular complexity index is 470. The first-order valence-corrected chi connectivity index (χ1v) is 7.96. The van der Waals surface area contributed by atoms with Crippen molar-refractivity contribution in [2.24, 2.45) is 5.41 Å². The van der Waals surface area contributed by atoms with Gasteiger partial charge in [0.1, 0.15) is 5.75 Å². The minimum atomic E-state index is 0.262. The topological polar surface area (TPSA) is 24.5 Å². The van der Waals surface area contributed by atoms with Crippen LogP contribution in [0.4, 0.5) is 5.69 Å². The highest BCUT2D eigenvalue weighted by atomic mass is 79.9. The van der Waals surface area contributed by atoms with Crippen molar-refractivity contribution in [2.75, 3.05) is 25.1 Å². The summed E-state index contributed by atoms with van der Waals surface area (Å²) in [6, 6.07) is 7.32. The van der Waals surface area contributed by atoms with Gasteiger partial charge in [-0.2, -0.15) is 0 Å². The highest BCUT2D eigenvalue weighted by Crippen LogP contribution is 2.32. The van der Waals surface area contributed by atoms with Crippen LogP contribution in [0, 0.1) is 5.41 Å². The molecular formula is C16H25BrN2O. The van der Waals surface area contributed by atoms with Crippen LogP contribution in [0.1, 0.15) is 27.7 Å². The van der Waals surface area contributed by atoms with E-state index in [1.807, 2.05) is 0 Å². The summed E-state index contributed by atoms with van der Waals surface area (Å²) in [6.07, 6.45) is 0. The third kappa shape index (κ3) is 3.29. The summed E-state index contributed by atoms with van der Waals surface area (Å²) >= 11 is 3.52. The van der Waals surface area contributed by atoms with Crippen molar-refractivity contribution < 1.29 is 4.74 Å². The normalized spacial score (nSPS) is 23.8. The van der Waals surface area contributed by atoms with Crippen LogP contribution in [0.5, 0.6) is 5.75 Å². The molecule has 1 aromatic carbocycles. The summed E-state index contributed by atoms with van der Waals surface area (Å²) in [5, 5.41) is 3.67. The van der Waals surface area contributed by atoms with E-state index in [0.717, 1.165) is 23.3 Å². The minimum Gasteiger partial charge on any atom is -0.495 e. The molecule has 0 bridgehead atoms. The van der Waals surface area contributed by atoms with E-state index in [-0.39, 0.29) is 5.41 Å². The number of hydrogen-bond donors (Lipinski definition) is 1. The van der Waals surface area contributed by atoms with Crippen LogP contribution in [0.3, 0.4) is 0 Å². The molecule has 2 rings (SSSR count). The van der Waals surface area contributed by atoms with Gasteiger partial charge in [-0.15, -0.1) is 0 Å². The molecule has 4 heteroatoms. The van der Waals surface area contributed by atoms with E-state index in [9.17, 15) is 0 Å². The number of anilines is 1. The van der Waals surface area contributed by atoms with E-state index in [1.165, 1.54) is 5.69 Å². The number of rotatable bonds is 2. The molecule has 0 amide bonds. The second-order valence-electron chi connectivity index (χ2n) is 6.65. The molecule has 0 aromatic heterocycles. The van der Waals surface area contributed by atoms with Gasteiger partial charge in [0.25, 0.3) is 0 Å². The Morgan fingerprint density at radius 1 is 1.35 bits per heavy atom. The van der Waals surface area contributed by atoms with Crippen molar-refractivity contribution in [3.63, 3.8) is 0 Å². The zero-order valence-corrected chi connectivity index (χ0v) is 14.6. The van der Waals surface area contributed by atoms with E-state index in [1.54, 1.807) is 7.11 Å². The summed E-state index contributed by atoms with van der Waals surface area (Å²) in [5.41, 5.74) is 1.49. The van der Waals surface area contributed by atoms with Crippen LogP contribution in [0.2, 0.25) is 0 Å². The Hall–Kier alpha value is -0.740. The molecule has 1 saturated heterocycles. The van der Waals surface area contributed by atoms with E-state index in [0.29, 0.717) is 12.1 Å². The molecular weight excluding hydrogens is 316 g/mol. The largest absolute Gasteiger partial charge is 0.495 e. The molecule has 112 valence electrons. The Labute approximate surface area is 130 Å². The third-order valence-electron chi connectivity index (χ3n) is 4.08. The maximum absolute atomic E-state index is 5.42. The Kier molecular flexibility index (Phi) is 4.65. The van der Waals surface area contributed by atoms with Gasteiger partial charge in [0.15, 0.2) is 0 Å². The lowest BCUT2D eigenvalue weighted by Gasteiger charge is -2.45. The predicted octanol–water partition coefficient (Wildman–Crippen LogP) is 3.67. The Morgan fingerprint density at radius 2 is 2.05 bits per heavy atom. The van der Waals surface area contributed by atoms with Crippen LogP contribution < -0.4 is 15.0 Å². The number of nitrogens with zero attached hydrogens (tertiary/aromatic N) is 1. The quantitative estimate of drug-likeness (QED) is 0.888. The third-order valence-corrected chi connectivity index (χ3v) is 4.74. The van der Waals surface area contributed by atoms with Gasteiger partial charge in [-0.1, -0.05) is 20.8 Å². The number of ether oxygens (including phenoxy) is 1. The molecule has 1 aliphatic heterocycles. The van der Waals surface area contributed by atoms with Crippen molar-refractivity contribution >= 4 is 21.6 Å². The number of piperazine rings is 1. The molecule has 1 N–H and O–H groups in total. The fourth-order valence-corrected chi connectivity index (χ4v) is 3.04. The van der Waals surface area contributed by atoms with Crippen molar-refractivity contribution in [3.05, 3.63) is 22.7 Å². The van der Waals surface area contributed by atoms with E-state index in [4.69, 9.17) is 4.74 Å². The summed E-state index contributed by atoms with van der Waals surface area (Å²) < 4.78 is 6.42. The number of benzene rings is 1. The molecule has 0 saturated carbocycles. The van der Waals surface area contributed by atoms with Gasteiger partial charge in [-0.3, -0.25) is 0 Å². The molecule has 20 heavy (non-hydrogen) atoms. The minimum absolute atomic E-state index is 0.262. The predicted molar refractivity (Wildman–Crippen MR) is 88.7 cm³/mol. The molecule has 2 atom stereocenters. The lowest BCUT2D eigenvalue weighted by Crippen LogP contribution is -2.59. The fourth-order valence-electron chi connectivity index (χ4n) is 2.63. The van der Waals surface area contributed by atoms with Crippen molar-refractivity contribution in [2.45, 2.75) is 39.8 Å². The molecule has 0 radical (unpaired) electrons. The van der Waals surface area contributed by atoms with E-state index in [2.05, 4.69) is 72.0 Å². The SMILES string of the molecule is COc1cc(N2CC(C(C)(C)C)NCC2C)ccc1Br. The van der Waals surface area contributed by atoms with Crippen molar-refractivity contribution in [1.29, 1.82) is 0 Å². The standard InChI is InChI=1S/C16H25BrN2O/c1-11-9-18-15(16(2,3)4)10-19(11)12-6-7-13(17)14(8-12)20-5/h6-8,11,15,18H,9-10H2,1-5H3. The van der Waals surface area contributed by atoms with Crippen LogP contribution in [-0.2, 0) is 0 Å². The molecule has 1 aliphatic rings. The lowest BCUT2D eigenvalue weighted by atomic mass is 9.84. The number of nitrogens with one attached hydrogen (secondary N) is 1. The first-order chi connectivity index (χ1) is 9.32. The highest BCUT2D eigenvalue weighted by Gasteiger charge is 2.32. The molecule has 2 unspecified atom stereocenters. The maximum Gasteiger partial charge on any atom is 0.135 e. The highest BCUT2D eigenvalue weighted by molar-refractivity contribution is 9.10. The van der Waals surface area contributed by atoms with Gasteiger partial charge in [0.2, 0.25) is 0 Å². The summed E-state index contributed by atoms with van der Waals surface area (Å²) in [7, 11) is 1.71. The van der Waals surface area contributed by atoms with Gasteiger partial charge in [-0.25, -0.2) is 0 Å². The van der Waals surface area contributed by atoms with E-state index >= 15 is 0 Å². The summed E-state index contributed by atoms with van der Waals surface area (Å²) in [4.78, 5) is 2.47.